The fourth-order valence-electron chi connectivity index (χ4n) is 0.490. The van der Waals surface area contributed by atoms with Gasteiger partial charge in [0.05, 0.1) is 0 Å². The van der Waals surface area contributed by atoms with Gasteiger partial charge >= 0.3 is 0 Å². The van der Waals surface area contributed by atoms with Crippen LogP contribution < -0.4 is 5.11 Å². The first-order chi connectivity index (χ1) is 4.22. The summed E-state index contributed by atoms with van der Waals surface area (Å²) in [6.45, 7) is 3.46. The first-order valence-corrected chi connectivity index (χ1v) is 3.04. The average Bonchev–Trinajstić information content (AvgIpc) is 1.87. The van der Waals surface area contributed by atoms with Crippen LogP contribution in [0.5, 0.6) is 0 Å². The summed E-state index contributed by atoms with van der Waals surface area (Å²) in [6, 6.07) is 0. The number of carbonyl (C=O) groups excluding carboxylic acids is 1. The molecular weight excluding hydrogens is 116 g/mol. The Morgan fingerprint density at radius 1 is 1.67 bits per heavy atom. The average molecular weight is 127 g/mol. The van der Waals surface area contributed by atoms with Crippen LogP contribution in [0.4, 0.5) is 0 Å². The maximum atomic E-state index is 10.7. The van der Waals surface area contributed by atoms with E-state index in [2.05, 4.69) is 0 Å². The van der Waals surface area contributed by atoms with E-state index in [0.29, 0.717) is 18.3 Å². The quantitative estimate of drug-likeness (QED) is 0.412. The lowest BCUT2D eigenvalue weighted by Crippen LogP contribution is -2.02. The zero-order valence-corrected chi connectivity index (χ0v) is 5.81. The Hall–Kier alpha value is -0.790. The van der Waals surface area contributed by atoms with Crippen molar-refractivity contribution in [2.75, 3.05) is 0 Å². The maximum Gasteiger partial charge on any atom is 0.157 e. The van der Waals surface area contributed by atoms with Crippen LogP contribution in [0.25, 0.3) is 0 Å². The van der Waals surface area contributed by atoms with Crippen LogP contribution in [-0.4, -0.2) is 5.78 Å². The van der Waals surface area contributed by atoms with Gasteiger partial charge in [-0.25, -0.2) is 0 Å². The number of allylic oxidation sites excluding steroid dienone is 1. The van der Waals surface area contributed by atoms with Gasteiger partial charge in [0.1, 0.15) is 0 Å². The zero-order valence-electron chi connectivity index (χ0n) is 5.81. The Bertz CT molecular complexity index is 125. The fraction of sp³-hybridized carbons (Fsp3) is 0.571. The largest absolute Gasteiger partial charge is 0.878 e. The molecule has 0 radical (unpaired) electrons. The highest BCUT2D eigenvalue weighted by Crippen LogP contribution is 1.98. The van der Waals surface area contributed by atoms with Crippen LogP contribution in [0.15, 0.2) is 11.8 Å². The molecule has 0 fully saturated rings. The molecule has 0 atom stereocenters. The molecule has 0 rings (SSSR count). The van der Waals surface area contributed by atoms with Gasteiger partial charge in [-0.2, -0.15) is 0 Å². The van der Waals surface area contributed by atoms with Crippen LogP contribution in [-0.2, 0) is 4.79 Å². The van der Waals surface area contributed by atoms with Crippen LogP contribution >= 0.6 is 0 Å². The molecule has 0 aromatic carbocycles. The number of carbonyl (C=O) groups is 1. The molecule has 0 heterocycles. The summed E-state index contributed by atoms with van der Waals surface area (Å²) < 4.78 is 0. The predicted octanol–water partition coefficient (Wildman–Crippen LogP) is 0.620. The van der Waals surface area contributed by atoms with E-state index in [9.17, 15) is 9.90 Å². The van der Waals surface area contributed by atoms with E-state index in [1.165, 1.54) is 0 Å². The van der Waals surface area contributed by atoms with Crippen LogP contribution in [0.3, 0.4) is 0 Å². The SMILES string of the molecule is CCCC(=O)/C(C)=C/[O-]. The number of Topliss-reactive ketones (excluding diaryl/α,β-unsaturated/α-hetero) is 1. The third kappa shape index (κ3) is 2.90. The van der Waals surface area contributed by atoms with Crippen LogP contribution in [0, 0.1) is 0 Å². The minimum atomic E-state index is -0.0347. The normalized spacial score (nSPS) is 11.6. The summed E-state index contributed by atoms with van der Waals surface area (Å²) in [5.41, 5.74) is 0.330. The highest BCUT2D eigenvalue weighted by atomic mass is 16.2. The lowest BCUT2D eigenvalue weighted by molar-refractivity contribution is -0.276. The van der Waals surface area contributed by atoms with Gasteiger partial charge in [0.15, 0.2) is 5.78 Å². The smallest absolute Gasteiger partial charge is 0.157 e. The highest BCUT2D eigenvalue weighted by Gasteiger charge is 1.97. The number of hydrogen-bond acceptors (Lipinski definition) is 2. The third-order valence-corrected chi connectivity index (χ3v) is 1.09. The molecule has 0 aromatic heterocycles. The Labute approximate surface area is 55.2 Å². The molecule has 0 amide bonds. The topological polar surface area (TPSA) is 40.1 Å². The lowest BCUT2D eigenvalue weighted by atomic mass is 10.1. The molecule has 0 aliphatic heterocycles. The van der Waals surface area contributed by atoms with E-state index in [1.807, 2.05) is 6.92 Å². The van der Waals surface area contributed by atoms with Gasteiger partial charge < -0.3 is 5.11 Å². The lowest BCUT2D eigenvalue weighted by Gasteiger charge is -1.99. The number of hydrogen-bond donors (Lipinski definition) is 0. The first kappa shape index (κ1) is 8.21. The summed E-state index contributed by atoms with van der Waals surface area (Å²) in [6.07, 6.45) is 1.91. The van der Waals surface area contributed by atoms with E-state index >= 15 is 0 Å². The molecule has 0 unspecified atom stereocenters. The third-order valence-electron chi connectivity index (χ3n) is 1.09. The van der Waals surface area contributed by atoms with E-state index in [-0.39, 0.29) is 5.78 Å². The summed E-state index contributed by atoms with van der Waals surface area (Å²) in [5, 5.41) is 9.96. The van der Waals surface area contributed by atoms with E-state index in [0.717, 1.165) is 6.42 Å². The van der Waals surface area contributed by atoms with E-state index in [4.69, 9.17) is 0 Å². The van der Waals surface area contributed by atoms with Gasteiger partial charge in [-0.15, -0.1) is 6.26 Å². The van der Waals surface area contributed by atoms with Crippen molar-refractivity contribution in [1.82, 2.24) is 0 Å². The van der Waals surface area contributed by atoms with Gasteiger partial charge in [0, 0.05) is 6.42 Å². The van der Waals surface area contributed by atoms with Crippen molar-refractivity contribution in [2.45, 2.75) is 26.7 Å². The molecule has 0 aliphatic rings. The van der Waals surface area contributed by atoms with Gasteiger partial charge in [-0.05, 0) is 18.9 Å². The Morgan fingerprint density at radius 3 is 2.56 bits per heavy atom. The summed E-state index contributed by atoms with van der Waals surface area (Å²) in [5.74, 6) is -0.0347. The van der Waals surface area contributed by atoms with Gasteiger partial charge in [0.25, 0.3) is 0 Å². The van der Waals surface area contributed by atoms with Crippen molar-refractivity contribution < 1.29 is 9.90 Å². The van der Waals surface area contributed by atoms with Crippen LogP contribution in [0.1, 0.15) is 26.7 Å². The molecule has 52 valence electrons. The summed E-state index contributed by atoms with van der Waals surface area (Å²) in [7, 11) is 0. The molecule has 0 aromatic rings. The number of ketones is 1. The van der Waals surface area contributed by atoms with Crippen molar-refractivity contribution in [2.24, 2.45) is 0 Å². The highest BCUT2D eigenvalue weighted by molar-refractivity contribution is 5.94. The fourth-order valence-corrected chi connectivity index (χ4v) is 0.490. The molecule has 2 heteroatoms. The van der Waals surface area contributed by atoms with Crippen molar-refractivity contribution in [3.8, 4) is 0 Å². The second kappa shape index (κ2) is 4.13. The van der Waals surface area contributed by atoms with Crippen molar-refractivity contribution >= 4 is 5.78 Å². The molecular formula is C7H11O2-. The van der Waals surface area contributed by atoms with Gasteiger partial charge in [0.2, 0.25) is 0 Å². The van der Waals surface area contributed by atoms with Gasteiger partial charge in [-0.3, -0.25) is 4.79 Å². The van der Waals surface area contributed by atoms with Crippen molar-refractivity contribution in [1.29, 1.82) is 0 Å². The second-order valence-electron chi connectivity index (χ2n) is 1.97. The first-order valence-electron chi connectivity index (χ1n) is 3.04. The Morgan fingerprint density at radius 2 is 2.22 bits per heavy atom. The Kier molecular flexibility index (Phi) is 3.76. The molecule has 0 saturated heterocycles. The molecule has 0 saturated carbocycles. The van der Waals surface area contributed by atoms with Crippen molar-refractivity contribution in [3.05, 3.63) is 11.8 Å². The maximum absolute atomic E-state index is 10.7. The standard InChI is InChI=1S/C7H12O2/c1-3-4-7(9)6(2)5-8/h5,8H,3-4H2,1-2H3/p-1/b6-5+. The van der Waals surface area contributed by atoms with Crippen molar-refractivity contribution in [3.63, 3.8) is 0 Å². The van der Waals surface area contributed by atoms with Crippen LogP contribution in [0.2, 0.25) is 0 Å². The molecule has 0 aliphatic carbocycles. The van der Waals surface area contributed by atoms with E-state index < -0.39 is 0 Å². The zero-order chi connectivity index (χ0) is 7.28. The van der Waals surface area contributed by atoms with Gasteiger partial charge in [-0.1, -0.05) is 6.92 Å². The molecule has 9 heavy (non-hydrogen) atoms. The van der Waals surface area contributed by atoms with E-state index in [1.54, 1.807) is 6.92 Å². The summed E-state index contributed by atoms with van der Waals surface area (Å²) >= 11 is 0. The monoisotopic (exact) mass is 127 g/mol. The number of rotatable bonds is 3. The molecule has 0 bridgehead atoms. The predicted molar refractivity (Wildman–Crippen MR) is 33.7 cm³/mol. The summed E-state index contributed by atoms with van der Waals surface area (Å²) in [4.78, 5) is 10.7. The molecule has 0 N–H and O–H groups in total. The molecule has 0 spiro atoms. The molecule has 2 nitrogen and oxygen atoms in total. The second-order valence-corrected chi connectivity index (χ2v) is 1.97. The minimum Gasteiger partial charge on any atom is -0.878 e. The minimum absolute atomic E-state index is 0.0347. The Balaban J connectivity index is 3.74.